The number of amides is 1. The summed E-state index contributed by atoms with van der Waals surface area (Å²) in [6.07, 6.45) is 0. The summed E-state index contributed by atoms with van der Waals surface area (Å²) in [5.41, 5.74) is 3.25. The first-order chi connectivity index (χ1) is 12.2. The van der Waals surface area contributed by atoms with E-state index in [-0.39, 0.29) is 11.2 Å². The molecule has 0 saturated carbocycles. The lowest BCUT2D eigenvalue weighted by atomic mass is 10.2. The van der Waals surface area contributed by atoms with Crippen molar-refractivity contribution in [2.45, 2.75) is 17.9 Å². The van der Waals surface area contributed by atoms with Gasteiger partial charge in [-0.05, 0) is 36.8 Å². The zero-order chi connectivity index (χ0) is 17.5. The number of morpholine rings is 1. The quantitative estimate of drug-likeness (QED) is 0.855. The Morgan fingerprint density at radius 1 is 1.12 bits per heavy atom. The Morgan fingerprint density at radius 2 is 1.80 bits per heavy atom. The van der Waals surface area contributed by atoms with Crippen LogP contribution < -0.4 is 10.2 Å². The maximum absolute atomic E-state index is 12.4. The van der Waals surface area contributed by atoms with Gasteiger partial charge in [0.2, 0.25) is 5.91 Å². The third kappa shape index (κ3) is 5.25. The highest BCUT2D eigenvalue weighted by Crippen LogP contribution is 2.21. The Bertz CT molecular complexity index is 670. The highest BCUT2D eigenvalue weighted by molar-refractivity contribution is 7.99. The summed E-state index contributed by atoms with van der Waals surface area (Å²) in [4.78, 5) is 14.7. The van der Waals surface area contributed by atoms with Crippen LogP contribution in [0, 0.1) is 0 Å². The highest BCUT2D eigenvalue weighted by Gasteiger charge is 2.14. The molecule has 3 rings (SSSR count). The number of ether oxygens (including phenoxy) is 1. The van der Waals surface area contributed by atoms with Crippen LogP contribution in [0.4, 0.5) is 11.4 Å². The molecule has 1 atom stereocenters. The second-order valence-corrected chi connectivity index (χ2v) is 7.40. The molecule has 1 N–H and O–H groups in total. The SMILES string of the molecule is CC(SCc1ccccc1)C(=O)Nc1ccc(N2CCOCC2)cc1. The van der Waals surface area contributed by atoms with Crippen LogP contribution in [-0.4, -0.2) is 37.5 Å². The van der Waals surface area contributed by atoms with Gasteiger partial charge in [-0.2, -0.15) is 0 Å². The number of nitrogens with zero attached hydrogens (tertiary/aromatic N) is 1. The largest absolute Gasteiger partial charge is 0.378 e. The van der Waals surface area contributed by atoms with Gasteiger partial charge in [-0.25, -0.2) is 0 Å². The van der Waals surface area contributed by atoms with Crippen LogP contribution in [0.1, 0.15) is 12.5 Å². The number of hydrogen-bond acceptors (Lipinski definition) is 4. The fourth-order valence-corrected chi connectivity index (χ4v) is 3.54. The van der Waals surface area contributed by atoms with Gasteiger partial charge in [0.1, 0.15) is 0 Å². The van der Waals surface area contributed by atoms with Crippen molar-refractivity contribution in [1.29, 1.82) is 0 Å². The van der Waals surface area contributed by atoms with Gasteiger partial charge >= 0.3 is 0 Å². The summed E-state index contributed by atoms with van der Waals surface area (Å²) in [7, 11) is 0. The Morgan fingerprint density at radius 3 is 2.48 bits per heavy atom. The van der Waals surface area contributed by atoms with E-state index in [1.165, 1.54) is 11.3 Å². The lowest BCUT2D eigenvalue weighted by molar-refractivity contribution is -0.115. The summed E-state index contributed by atoms with van der Waals surface area (Å²) in [6, 6.07) is 18.3. The van der Waals surface area contributed by atoms with E-state index in [1.54, 1.807) is 11.8 Å². The van der Waals surface area contributed by atoms with Crippen molar-refractivity contribution in [2.24, 2.45) is 0 Å². The van der Waals surface area contributed by atoms with Crippen molar-refractivity contribution < 1.29 is 9.53 Å². The molecular weight excluding hydrogens is 332 g/mol. The highest BCUT2D eigenvalue weighted by atomic mass is 32.2. The van der Waals surface area contributed by atoms with Gasteiger partial charge in [0.15, 0.2) is 0 Å². The van der Waals surface area contributed by atoms with Gasteiger partial charge in [-0.3, -0.25) is 4.79 Å². The number of nitrogens with one attached hydrogen (secondary N) is 1. The van der Waals surface area contributed by atoms with Crippen LogP contribution >= 0.6 is 11.8 Å². The van der Waals surface area contributed by atoms with Crippen LogP contribution in [0.15, 0.2) is 54.6 Å². The van der Waals surface area contributed by atoms with Crippen molar-refractivity contribution in [3.63, 3.8) is 0 Å². The van der Waals surface area contributed by atoms with Crippen molar-refractivity contribution in [3.05, 3.63) is 60.2 Å². The first-order valence-electron chi connectivity index (χ1n) is 8.61. The minimum Gasteiger partial charge on any atom is -0.378 e. The second kappa shape index (κ2) is 8.92. The van der Waals surface area contributed by atoms with E-state index >= 15 is 0 Å². The number of carbonyl (C=O) groups is 1. The molecular formula is C20H24N2O2S. The van der Waals surface area contributed by atoms with E-state index in [4.69, 9.17) is 4.74 Å². The lowest BCUT2D eigenvalue weighted by Crippen LogP contribution is -2.36. The number of anilines is 2. The predicted molar refractivity (Wildman–Crippen MR) is 105 cm³/mol. The van der Waals surface area contributed by atoms with Crippen LogP contribution in [-0.2, 0) is 15.3 Å². The molecule has 25 heavy (non-hydrogen) atoms. The van der Waals surface area contributed by atoms with E-state index in [1.807, 2.05) is 37.3 Å². The minimum atomic E-state index is -0.0980. The molecule has 1 aliphatic rings. The molecule has 1 saturated heterocycles. The first kappa shape index (κ1) is 17.8. The molecule has 1 heterocycles. The fraction of sp³-hybridized carbons (Fsp3) is 0.350. The number of carbonyl (C=O) groups excluding carboxylic acids is 1. The van der Waals surface area contributed by atoms with Gasteiger partial charge in [-0.15, -0.1) is 11.8 Å². The van der Waals surface area contributed by atoms with Gasteiger partial charge in [0.25, 0.3) is 0 Å². The van der Waals surface area contributed by atoms with Crippen molar-refractivity contribution in [2.75, 3.05) is 36.5 Å². The summed E-state index contributed by atoms with van der Waals surface area (Å²) < 4.78 is 5.38. The summed E-state index contributed by atoms with van der Waals surface area (Å²) in [6.45, 7) is 5.33. The molecule has 2 aromatic carbocycles. The standard InChI is InChI=1S/C20H24N2O2S/c1-16(25-15-17-5-3-2-4-6-17)20(23)21-18-7-9-19(10-8-18)22-11-13-24-14-12-22/h2-10,16H,11-15H2,1H3,(H,21,23). The van der Waals surface area contributed by atoms with E-state index < -0.39 is 0 Å². The van der Waals surface area contributed by atoms with E-state index in [2.05, 4.69) is 34.5 Å². The van der Waals surface area contributed by atoms with Gasteiger partial charge in [0.05, 0.1) is 18.5 Å². The molecule has 1 unspecified atom stereocenters. The van der Waals surface area contributed by atoms with E-state index in [9.17, 15) is 4.79 Å². The summed E-state index contributed by atoms with van der Waals surface area (Å²) in [5.74, 6) is 0.880. The molecule has 4 nitrogen and oxygen atoms in total. The first-order valence-corrected chi connectivity index (χ1v) is 9.66. The monoisotopic (exact) mass is 356 g/mol. The predicted octanol–water partition coefficient (Wildman–Crippen LogP) is 3.78. The summed E-state index contributed by atoms with van der Waals surface area (Å²) >= 11 is 1.65. The van der Waals surface area contributed by atoms with Crippen molar-refractivity contribution in [3.8, 4) is 0 Å². The number of benzene rings is 2. The number of hydrogen-bond donors (Lipinski definition) is 1. The number of rotatable bonds is 6. The van der Waals surface area contributed by atoms with Crippen molar-refractivity contribution >= 4 is 29.0 Å². The van der Waals surface area contributed by atoms with Crippen LogP contribution in [0.3, 0.4) is 0 Å². The maximum atomic E-state index is 12.4. The fourth-order valence-electron chi connectivity index (χ4n) is 2.69. The molecule has 0 radical (unpaired) electrons. The maximum Gasteiger partial charge on any atom is 0.237 e. The average molecular weight is 356 g/mol. The van der Waals surface area contributed by atoms with Gasteiger partial charge < -0.3 is 15.0 Å². The molecule has 132 valence electrons. The molecule has 5 heteroatoms. The normalized spacial score (nSPS) is 15.6. The Hall–Kier alpha value is -1.98. The average Bonchev–Trinajstić information content (AvgIpc) is 2.68. The van der Waals surface area contributed by atoms with E-state index in [0.29, 0.717) is 0 Å². The Labute approximate surface area is 153 Å². The minimum absolute atomic E-state index is 0.0417. The molecule has 0 spiro atoms. The topological polar surface area (TPSA) is 41.6 Å². The lowest BCUT2D eigenvalue weighted by Gasteiger charge is -2.28. The Balaban J connectivity index is 1.49. The van der Waals surface area contributed by atoms with Crippen LogP contribution in [0.5, 0.6) is 0 Å². The van der Waals surface area contributed by atoms with Crippen LogP contribution in [0.2, 0.25) is 0 Å². The third-order valence-electron chi connectivity index (χ3n) is 4.22. The van der Waals surface area contributed by atoms with Gasteiger partial charge in [-0.1, -0.05) is 30.3 Å². The molecule has 2 aromatic rings. The zero-order valence-electron chi connectivity index (χ0n) is 14.5. The van der Waals surface area contributed by atoms with Crippen LogP contribution in [0.25, 0.3) is 0 Å². The number of thioether (sulfide) groups is 1. The molecule has 0 aromatic heterocycles. The van der Waals surface area contributed by atoms with Gasteiger partial charge in [0, 0.05) is 30.2 Å². The molecule has 1 fully saturated rings. The molecule has 0 bridgehead atoms. The van der Waals surface area contributed by atoms with Crippen molar-refractivity contribution in [1.82, 2.24) is 0 Å². The molecule has 1 aliphatic heterocycles. The summed E-state index contributed by atoms with van der Waals surface area (Å²) in [5, 5.41) is 2.91. The Kier molecular flexibility index (Phi) is 6.36. The second-order valence-electron chi connectivity index (χ2n) is 6.07. The molecule has 1 amide bonds. The zero-order valence-corrected chi connectivity index (χ0v) is 15.3. The smallest absolute Gasteiger partial charge is 0.237 e. The van der Waals surface area contributed by atoms with E-state index in [0.717, 1.165) is 37.7 Å². The molecule has 0 aliphatic carbocycles. The third-order valence-corrected chi connectivity index (χ3v) is 5.44.